The van der Waals surface area contributed by atoms with Gasteiger partial charge in [-0.05, 0) is 50.4 Å². The van der Waals surface area contributed by atoms with E-state index in [1.54, 1.807) is 7.11 Å². The molecule has 5 heteroatoms. The molecule has 2 aliphatic rings. The first-order valence-corrected chi connectivity index (χ1v) is 11.3. The molecule has 0 bridgehead atoms. The Morgan fingerprint density at radius 3 is 2.73 bits per heavy atom. The van der Waals surface area contributed by atoms with Gasteiger partial charge in [-0.3, -0.25) is 14.7 Å². The van der Waals surface area contributed by atoms with Crippen LogP contribution in [0.3, 0.4) is 0 Å². The minimum atomic E-state index is 0.166. The van der Waals surface area contributed by atoms with Crippen LogP contribution in [0, 0.1) is 0 Å². The highest BCUT2D eigenvalue weighted by Crippen LogP contribution is 2.31. The summed E-state index contributed by atoms with van der Waals surface area (Å²) in [5, 5.41) is 3.26. The third-order valence-electron chi connectivity index (χ3n) is 6.41. The third-order valence-corrected chi connectivity index (χ3v) is 6.41. The van der Waals surface area contributed by atoms with Crippen LogP contribution in [-0.4, -0.2) is 42.0 Å². The van der Waals surface area contributed by atoms with Gasteiger partial charge in [0.05, 0.1) is 25.4 Å². The number of likely N-dealkylation sites (tertiary alicyclic amines) is 1. The molecule has 1 aliphatic heterocycles. The van der Waals surface area contributed by atoms with Crippen LogP contribution in [0.4, 0.5) is 0 Å². The Bertz CT molecular complexity index is 848. The average molecular weight is 408 g/mol. The number of nitrogens with one attached hydrogen (secondary N) is 1. The van der Waals surface area contributed by atoms with Gasteiger partial charge in [-0.2, -0.15) is 0 Å². The fourth-order valence-corrected chi connectivity index (χ4v) is 4.88. The summed E-state index contributed by atoms with van der Waals surface area (Å²) in [5.74, 6) is 1.06. The molecule has 0 spiro atoms. The predicted octanol–water partition coefficient (Wildman–Crippen LogP) is 4.27. The molecule has 30 heavy (non-hydrogen) atoms. The first kappa shape index (κ1) is 20.9. The van der Waals surface area contributed by atoms with Gasteiger partial charge in [0.25, 0.3) is 0 Å². The zero-order chi connectivity index (χ0) is 20.8. The SMILES string of the molecule is COc1ccccc1Cc1cccc(C2CCCN2CC(=O)NC2CCCCC2)n1. The number of ether oxygens (including phenoxy) is 1. The van der Waals surface area contributed by atoms with Crippen LogP contribution in [0.2, 0.25) is 0 Å². The maximum atomic E-state index is 12.6. The molecule has 1 saturated heterocycles. The zero-order valence-corrected chi connectivity index (χ0v) is 18.0. The molecule has 1 N–H and O–H groups in total. The number of carbonyl (C=O) groups excluding carboxylic acids is 1. The summed E-state index contributed by atoms with van der Waals surface area (Å²) in [6.45, 7) is 1.43. The number of pyridine rings is 1. The van der Waals surface area contributed by atoms with Crippen molar-refractivity contribution in [1.29, 1.82) is 0 Å². The van der Waals surface area contributed by atoms with Crippen molar-refractivity contribution in [3.8, 4) is 5.75 Å². The predicted molar refractivity (Wildman–Crippen MR) is 119 cm³/mol. The minimum Gasteiger partial charge on any atom is -0.496 e. The molecule has 1 aromatic carbocycles. The molecule has 1 aromatic heterocycles. The number of aromatic nitrogens is 1. The number of nitrogens with zero attached hydrogens (tertiary/aromatic N) is 2. The van der Waals surface area contributed by atoms with Crippen LogP contribution in [-0.2, 0) is 11.2 Å². The maximum Gasteiger partial charge on any atom is 0.234 e. The molecule has 4 rings (SSSR count). The molecule has 5 nitrogen and oxygen atoms in total. The van der Waals surface area contributed by atoms with Gasteiger partial charge in [0, 0.05) is 23.7 Å². The van der Waals surface area contributed by atoms with E-state index in [4.69, 9.17) is 9.72 Å². The Balaban J connectivity index is 1.41. The Kier molecular flexibility index (Phi) is 7.00. The van der Waals surface area contributed by atoms with E-state index >= 15 is 0 Å². The summed E-state index contributed by atoms with van der Waals surface area (Å²) in [5.41, 5.74) is 3.25. The van der Waals surface area contributed by atoms with Gasteiger partial charge in [-0.15, -0.1) is 0 Å². The standard InChI is InChI=1S/C25H33N3O2/c1-30-24-15-6-5-9-19(24)17-21-12-7-13-22(26-21)23-14-8-16-28(23)18-25(29)27-20-10-3-2-4-11-20/h5-7,9,12-13,15,20,23H,2-4,8,10-11,14,16-18H2,1H3,(H,27,29). The van der Waals surface area contributed by atoms with Crippen molar-refractivity contribution in [3.63, 3.8) is 0 Å². The Labute approximate surface area is 179 Å². The fourth-order valence-electron chi connectivity index (χ4n) is 4.88. The number of carbonyl (C=O) groups is 1. The largest absolute Gasteiger partial charge is 0.496 e. The number of rotatable bonds is 7. The first-order chi connectivity index (χ1) is 14.7. The molecule has 0 radical (unpaired) electrons. The molecule has 1 saturated carbocycles. The molecular formula is C25H33N3O2. The molecule has 2 aromatic rings. The van der Waals surface area contributed by atoms with Crippen molar-refractivity contribution < 1.29 is 9.53 Å². The van der Waals surface area contributed by atoms with Crippen LogP contribution in [0.15, 0.2) is 42.5 Å². The second-order valence-electron chi connectivity index (χ2n) is 8.57. The van der Waals surface area contributed by atoms with E-state index < -0.39 is 0 Å². The highest BCUT2D eigenvalue weighted by atomic mass is 16.5. The number of methoxy groups -OCH3 is 1. The van der Waals surface area contributed by atoms with Gasteiger partial charge in [0.15, 0.2) is 0 Å². The number of benzene rings is 1. The van der Waals surface area contributed by atoms with Gasteiger partial charge in [0.1, 0.15) is 5.75 Å². The topological polar surface area (TPSA) is 54.5 Å². The summed E-state index contributed by atoms with van der Waals surface area (Å²) in [4.78, 5) is 19.9. The van der Waals surface area contributed by atoms with Crippen LogP contribution in [0.5, 0.6) is 5.75 Å². The van der Waals surface area contributed by atoms with E-state index in [1.807, 2.05) is 18.2 Å². The Morgan fingerprint density at radius 1 is 1.07 bits per heavy atom. The van der Waals surface area contributed by atoms with E-state index in [9.17, 15) is 4.79 Å². The van der Waals surface area contributed by atoms with Crippen molar-refractivity contribution in [2.45, 2.75) is 63.5 Å². The molecule has 1 unspecified atom stereocenters. The number of hydrogen-bond donors (Lipinski definition) is 1. The summed E-state index contributed by atoms with van der Waals surface area (Å²) in [6.07, 6.45) is 8.94. The van der Waals surface area contributed by atoms with Crippen molar-refractivity contribution in [2.75, 3.05) is 20.2 Å². The summed E-state index contributed by atoms with van der Waals surface area (Å²) in [7, 11) is 1.71. The second kappa shape index (κ2) is 10.1. The van der Waals surface area contributed by atoms with Crippen LogP contribution in [0.1, 0.15) is 67.9 Å². The Morgan fingerprint density at radius 2 is 1.90 bits per heavy atom. The van der Waals surface area contributed by atoms with Crippen LogP contribution < -0.4 is 10.1 Å². The Hall–Kier alpha value is -2.40. The van der Waals surface area contributed by atoms with Gasteiger partial charge in [-0.25, -0.2) is 0 Å². The summed E-state index contributed by atoms with van der Waals surface area (Å²) < 4.78 is 5.49. The van der Waals surface area contributed by atoms with Gasteiger partial charge >= 0.3 is 0 Å². The van der Waals surface area contributed by atoms with E-state index in [0.717, 1.165) is 61.3 Å². The van der Waals surface area contributed by atoms with Gasteiger partial charge < -0.3 is 10.1 Å². The zero-order valence-electron chi connectivity index (χ0n) is 18.0. The fraction of sp³-hybridized carbons (Fsp3) is 0.520. The number of para-hydroxylation sites is 1. The molecular weight excluding hydrogens is 374 g/mol. The highest BCUT2D eigenvalue weighted by molar-refractivity contribution is 5.78. The lowest BCUT2D eigenvalue weighted by atomic mass is 9.95. The average Bonchev–Trinajstić information content (AvgIpc) is 3.23. The van der Waals surface area contributed by atoms with Crippen molar-refractivity contribution in [2.24, 2.45) is 0 Å². The van der Waals surface area contributed by atoms with Crippen molar-refractivity contribution >= 4 is 5.91 Å². The molecule has 1 aliphatic carbocycles. The third kappa shape index (κ3) is 5.20. The smallest absolute Gasteiger partial charge is 0.234 e. The molecule has 160 valence electrons. The second-order valence-corrected chi connectivity index (χ2v) is 8.57. The van der Waals surface area contributed by atoms with Crippen molar-refractivity contribution in [1.82, 2.24) is 15.2 Å². The lowest BCUT2D eigenvalue weighted by molar-refractivity contribution is -0.123. The number of hydrogen-bond acceptors (Lipinski definition) is 4. The molecule has 1 amide bonds. The number of amides is 1. The lowest BCUT2D eigenvalue weighted by Crippen LogP contribution is -2.42. The first-order valence-electron chi connectivity index (χ1n) is 11.3. The van der Waals surface area contributed by atoms with Gasteiger partial charge in [0.2, 0.25) is 5.91 Å². The van der Waals surface area contributed by atoms with Crippen LogP contribution >= 0.6 is 0 Å². The highest BCUT2D eigenvalue weighted by Gasteiger charge is 2.29. The van der Waals surface area contributed by atoms with E-state index in [-0.39, 0.29) is 11.9 Å². The van der Waals surface area contributed by atoms with Crippen molar-refractivity contribution in [3.05, 3.63) is 59.4 Å². The normalized spacial score (nSPS) is 20.2. The summed E-state index contributed by atoms with van der Waals surface area (Å²) >= 11 is 0. The van der Waals surface area contributed by atoms with Crippen LogP contribution in [0.25, 0.3) is 0 Å². The minimum absolute atomic E-state index is 0.166. The van der Waals surface area contributed by atoms with E-state index in [0.29, 0.717) is 12.6 Å². The maximum absolute atomic E-state index is 12.6. The van der Waals surface area contributed by atoms with E-state index in [1.165, 1.54) is 19.3 Å². The molecule has 2 fully saturated rings. The lowest BCUT2D eigenvalue weighted by Gasteiger charge is -2.27. The summed E-state index contributed by atoms with van der Waals surface area (Å²) in [6, 6.07) is 15.0. The monoisotopic (exact) mass is 407 g/mol. The van der Waals surface area contributed by atoms with E-state index in [2.05, 4.69) is 34.5 Å². The molecule has 1 atom stereocenters. The quantitative estimate of drug-likeness (QED) is 0.745. The van der Waals surface area contributed by atoms with Gasteiger partial charge in [-0.1, -0.05) is 43.5 Å². The molecule has 2 heterocycles.